The number of benzene rings is 1. The molecule has 0 saturated carbocycles. The van der Waals surface area contributed by atoms with E-state index in [-0.39, 0.29) is 5.03 Å². The van der Waals surface area contributed by atoms with Crippen LogP contribution in [0.3, 0.4) is 0 Å². The van der Waals surface area contributed by atoms with E-state index in [1.807, 2.05) is 37.3 Å². The number of aromatic nitrogens is 2. The maximum atomic E-state index is 12.0. The lowest BCUT2D eigenvalue weighted by Gasteiger charge is -2.04. The summed E-state index contributed by atoms with van der Waals surface area (Å²) in [5, 5.41) is 0.124. The molecular weight excluding hydrogens is 294 g/mol. The summed E-state index contributed by atoms with van der Waals surface area (Å²) in [5.41, 5.74) is 0. The number of hydrogen-bond donors (Lipinski definition) is 2. The summed E-state index contributed by atoms with van der Waals surface area (Å²) in [5.74, 6) is 1.35. The Bertz CT molecular complexity index is 639. The summed E-state index contributed by atoms with van der Waals surface area (Å²) in [6, 6.07) is 9.88. The first-order valence-corrected chi connectivity index (χ1v) is 8.80. The number of hydrogen-bond acceptors (Lipinski definition) is 4. The number of sulfonamides is 1. The van der Waals surface area contributed by atoms with Crippen LogP contribution in [0.1, 0.15) is 12.7 Å². The molecule has 0 fully saturated rings. The fourth-order valence-electron chi connectivity index (χ4n) is 1.60. The standard InChI is InChI=1S/C13H17N3O2S2/c1-2-12-14-10-13(16-12)20(17,18)15-8-9-19-11-6-4-3-5-7-11/h3-7,10,15H,2,8-9H2,1H3,(H,14,16). The van der Waals surface area contributed by atoms with Crippen LogP contribution in [0.25, 0.3) is 0 Å². The van der Waals surface area contributed by atoms with Gasteiger partial charge in [-0.05, 0) is 12.1 Å². The van der Waals surface area contributed by atoms with Crippen molar-refractivity contribution in [3.63, 3.8) is 0 Å². The van der Waals surface area contributed by atoms with Crippen molar-refractivity contribution in [3.8, 4) is 0 Å². The number of aromatic amines is 1. The zero-order chi connectivity index (χ0) is 14.4. The second kappa shape index (κ2) is 6.92. The van der Waals surface area contributed by atoms with Crippen molar-refractivity contribution in [3.05, 3.63) is 42.4 Å². The first-order valence-electron chi connectivity index (χ1n) is 6.33. The molecule has 0 atom stereocenters. The van der Waals surface area contributed by atoms with Crippen LogP contribution in [0, 0.1) is 0 Å². The van der Waals surface area contributed by atoms with Gasteiger partial charge in [0.1, 0.15) is 5.82 Å². The lowest BCUT2D eigenvalue weighted by atomic mass is 10.4. The van der Waals surface area contributed by atoms with Crippen molar-refractivity contribution in [2.24, 2.45) is 0 Å². The Labute approximate surface area is 123 Å². The Hall–Kier alpha value is -1.31. The fourth-order valence-corrected chi connectivity index (χ4v) is 3.49. The molecule has 0 unspecified atom stereocenters. The third-order valence-electron chi connectivity index (χ3n) is 2.64. The lowest BCUT2D eigenvalue weighted by Crippen LogP contribution is -2.26. The minimum Gasteiger partial charge on any atom is -0.332 e. The summed E-state index contributed by atoms with van der Waals surface area (Å²) >= 11 is 1.61. The van der Waals surface area contributed by atoms with E-state index >= 15 is 0 Å². The molecule has 0 aliphatic heterocycles. The van der Waals surface area contributed by atoms with Crippen LogP contribution in [0.4, 0.5) is 0 Å². The maximum Gasteiger partial charge on any atom is 0.257 e. The molecule has 0 bridgehead atoms. The normalized spacial score (nSPS) is 11.7. The van der Waals surface area contributed by atoms with Crippen LogP contribution in [0.2, 0.25) is 0 Å². The second-order valence-corrected chi connectivity index (χ2v) is 7.01. The first kappa shape index (κ1) is 15.1. The summed E-state index contributed by atoms with van der Waals surface area (Å²) < 4.78 is 26.5. The Kier molecular flexibility index (Phi) is 5.22. The average Bonchev–Trinajstić information content (AvgIpc) is 2.95. The molecule has 5 nitrogen and oxygen atoms in total. The van der Waals surface area contributed by atoms with E-state index in [1.54, 1.807) is 11.8 Å². The molecule has 7 heteroatoms. The minimum absolute atomic E-state index is 0.124. The quantitative estimate of drug-likeness (QED) is 0.606. The number of aryl methyl sites for hydroxylation is 1. The third-order valence-corrected chi connectivity index (χ3v) is 5.02. The summed E-state index contributed by atoms with van der Waals surface area (Å²) in [4.78, 5) is 7.92. The van der Waals surface area contributed by atoms with Gasteiger partial charge in [-0.2, -0.15) is 0 Å². The molecular formula is C13H17N3O2S2. The van der Waals surface area contributed by atoms with E-state index < -0.39 is 10.0 Å². The van der Waals surface area contributed by atoms with Gasteiger partial charge in [0.2, 0.25) is 0 Å². The third kappa shape index (κ3) is 4.09. The number of rotatable bonds is 7. The van der Waals surface area contributed by atoms with Crippen LogP contribution in [-0.2, 0) is 16.4 Å². The van der Waals surface area contributed by atoms with Crippen LogP contribution >= 0.6 is 11.8 Å². The lowest BCUT2D eigenvalue weighted by molar-refractivity contribution is 0.580. The van der Waals surface area contributed by atoms with E-state index in [1.165, 1.54) is 6.20 Å². The predicted molar refractivity (Wildman–Crippen MR) is 80.3 cm³/mol. The van der Waals surface area contributed by atoms with Crippen molar-refractivity contribution in [1.29, 1.82) is 0 Å². The maximum absolute atomic E-state index is 12.0. The number of imidazole rings is 1. The molecule has 108 valence electrons. The average molecular weight is 311 g/mol. The largest absolute Gasteiger partial charge is 0.332 e. The number of thioether (sulfide) groups is 1. The van der Waals surface area contributed by atoms with E-state index in [0.717, 1.165) is 4.90 Å². The van der Waals surface area contributed by atoms with Gasteiger partial charge in [-0.3, -0.25) is 0 Å². The van der Waals surface area contributed by atoms with Gasteiger partial charge in [0, 0.05) is 23.6 Å². The number of nitrogens with zero attached hydrogens (tertiary/aromatic N) is 1. The highest BCUT2D eigenvalue weighted by atomic mass is 32.2. The van der Waals surface area contributed by atoms with Gasteiger partial charge in [0.15, 0.2) is 5.03 Å². The van der Waals surface area contributed by atoms with E-state index in [9.17, 15) is 8.42 Å². The Balaban J connectivity index is 1.84. The number of nitrogens with one attached hydrogen (secondary N) is 2. The molecule has 0 aliphatic carbocycles. The Morgan fingerprint density at radius 3 is 2.70 bits per heavy atom. The van der Waals surface area contributed by atoms with Crippen LogP contribution in [0.15, 0.2) is 46.5 Å². The van der Waals surface area contributed by atoms with Gasteiger partial charge >= 0.3 is 0 Å². The molecule has 0 spiro atoms. The molecule has 2 rings (SSSR count). The van der Waals surface area contributed by atoms with Crippen LogP contribution in [-0.4, -0.2) is 30.7 Å². The molecule has 2 N–H and O–H groups in total. The highest BCUT2D eigenvalue weighted by molar-refractivity contribution is 7.99. The first-order chi connectivity index (χ1) is 9.62. The van der Waals surface area contributed by atoms with Crippen molar-refractivity contribution >= 4 is 21.8 Å². The van der Waals surface area contributed by atoms with E-state index in [0.29, 0.717) is 24.5 Å². The van der Waals surface area contributed by atoms with Crippen molar-refractivity contribution in [2.75, 3.05) is 12.3 Å². The molecule has 1 aromatic heterocycles. The van der Waals surface area contributed by atoms with Gasteiger partial charge in [-0.15, -0.1) is 11.8 Å². The smallest absolute Gasteiger partial charge is 0.257 e. The highest BCUT2D eigenvalue weighted by Gasteiger charge is 2.15. The van der Waals surface area contributed by atoms with Gasteiger partial charge in [0.25, 0.3) is 10.0 Å². The monoisotopic (exact) mass is 311 g/mol. The van der Waals surface area contributed by atoms with E-state index in [2.05, 4.69) is 14.7 Å². The van der Waals surface area contributed by atoms with E-state index in [4.69, 9.17) is 0 Å². The fraction of sp³-hybridized carbons (Fsp3) is 0.308. The second-order valence-electron chi connectivity index (χ2n) is 4.11. The summed E-state index contributed by atoms with van der Waals surface area (Å²) in [7, 11) is -3.49. The minimum atomic E-state index is -3.49. The predicted octanol–water partition coefficient (Wildman–Crippen LogP) is 2.04. The Morgan fingerprint density at radius 2 is 2.05 bits per heavy atom. The van der Waals surface area contributed by atoms with Crippen molar-refractivity contribution in [2.45, 2.75) is 23.3 Å². The summed E-state index contributed by atoms with van der Waals surface area (Å²) in [6.45, 7) is 2.29. The van der Waals surface area contributed by atoms with Crippen molar-refractivity contribution < 1.29 is 8.42 Å². The molecule has 2 aromatic rings. The molecule has 0 radical (unpaired) electrons. The summed E-state index contributed by atoms with van der Waals surface area (Å²) in [6.07, 6.45) is 2.03. The Morgan fingerprint density at radius 1 is 1.30 bits per heavy atom. The van der Waals surface area contributed by atoms with Gasteiger partial charge < -0.3 is 4.98 Å². The SMILES string of the molecule is CCc1ncc(S(=O)(=O)NCCSc2ccccc2)[nH]1. The molecule has 0 amide bonds. The zero-order valence-corrected chi connectivity index (χ0v) is 12.8. The molecule has 1 aromatic carbocycles. The molecule has 0 aliphatic rings. The van der Waals surface area contributed by atoms with Gasteiger partial charge in [0.05, 0.1) is 6.20 Å². The van der Waals surface area contributed by atoms with Crippen LogP contribution < -0.4 is 4.72 Å². The van der Waals surface area contributed by atoms with Gasteiger partial charge in [-0.1, -0.05) is 25.1 Å². The number of H-pyrrole nitrogens is 1. The van der Waals surface area contributed by atoms with Gasteiger partial charge in [-0.25, -0.2) is 18.1 Å². The highest BCUT2D eigenvalue weighted by Crippen LogP contribution is 2.16. The topological polar surface area (TPSA) is 74.8 Å². The zero-order valence-electron chi connectivity index (χ0n) is 11.2. The molecule has 20 heavy (non-hydrogen) atoms. The van der Waals surface area contributed by atoms with Crippen LogP contribution in [0.5, 0.6) is 0 Å². The molecule has 0 saturated heterocycles. The van der Waals surface area contributed by atoms with Crippen molar-refractivity contribution in [1.82, 2.24) is 14.7 Å². The molecule has 1 heterocycles.